The fourth-order valence-electron chi connectivity index (χ4n) is 3.60. The Kier molecular flexibility index (Phi) is 9.35. The van der Waals surface area contributed by atoms with Gasteiger partial charge in [-0.25, -0.2) is 4.39 Å². The summed E-state index contributed by atoms with van der Waals surface area (Å²) >= 11 is 12.3. The van der Waals surface area contributed by atoms with Crippen LogP contribution in [0.25, 0.3) is 0 Å². The van der Waals surface area contributed by atoms with E-state index in [0.717, 1.165) is 5.56 Å². The second-order valence-corrected chi connectivity index (χ2v) is 10.3. The zero-order valence-corrected chi connectivity index (χ0v) is 21.9. The van der Waals surface area contributed by atoms with Crippen molar-refractivity contribution in [1.82, 2.24) is 10.2 Å². The van der Waals surface area contributed by atoms with E-state index in [1.54, 1.807) is 18.2 Å². The molecular weight excluding hydrogens is 502 g/mol. The van der Waals surface area contributed by atoms with Gasteiger partial charge in [-0.3, -0.25) is 9.59 Å². The van der Waals surface area contributed by atoms with E-state index in [1.165, 1.54) is 29.2 Å². The predicted octanol–water partition coefficient (Wildman–Crippen LogP) is 6.07. The van der Waals surface area contributed by atoms with Crippen molar-refractivity contribution in [3.05, 3.63) is 99.8 Å². The summed E-state index contributed by atoms with van der Waals surface area (Å²) in [4.78, 5) is 28.5. The van der Waals surface area contributed by atoms with Crippen molar-refractivity contribution in [3.63, 3.8) is 0 Å². The highest BCUT2D eigenvalue weighted by Gasteiger charge is 2.32. The Morgan fingerprint density at radius 2 is 1.61 bits per heavy atom. The maximum atomic E-state index is 13.5. The molecule has 0 bridgehead atoms. The van der Waals surface area contributed by atoms with E-state index < -0.39 is 23.3 Å². The second-order valence-electron chi connectivity index (χ2n) is 9.46. The molecule has 0 heterocycles. The van der Waals surface area contributed by atoms with E-state index in [-0.39, 0.29) is 19.1 Å². The van der Waals surface area contributed by atoms with Crippen molar-refractivity contribution in [2.75, 3.05) is 6.61 Å². The van der Waals surface area contributed by atoms with Crippen molar-refractivity contribution >= 4 is 35.0 Å². The van der Waals surface area contributed by atoms with E-state index >= 15 is 0 Å². The number of hydrogen-bond donors (Lipinski definition) is 1. The van der Waals surface area contributed by atoms with Gasteiger partial charge in [0.05, 0.1) is 10.0 Å². The van der Waals surface area contributed by atoms with Gasteiger partial charge in [-0.1, -0.05) is 59.6 Å². The van der Waals surface area contributed by atoms with Crippen LogP contribution in [0.2, 0.25) is 10.0 Å². The van der Waals surface area contributed by atoms with Crippen LogP contribution in [0.15, 0.2) is 72.8 Å². The molecule has 0 radical (unpaired) electrons. The van der Waals surface area contributed by atoms with Crippen LogP contribution in [0, 0.1) is 5.82 Å². The molecular formula is C28H29Cl2FN2O3. The fraction of sp³-hybridized carbons (Fsp3) is 0.286. The minimum atomic E-state index is -0.828. The van der Waals surface area contributed by atoms with Crippen LogP contribution < -0.4 is 10.1 Å². The Balaban J connectivity index is 1.94. The Hall–Kier alpha value is -3.09. The van der Waals surface area contributed by atoms with E-state index in [2.05, 4.69) is 5.32 Å². The lowest BCUT2D eigenvalue weighted by atomic mass is 10.0. The maximum Gasteiger partial charge on any atom is 0.261 e. The molecule has 0 saturated heterocycles. The van der Waals surface area contributed by atoms with Gasteiger partial charge in [-0.05, 0) is 68.3 Å². The van der Waals surface area contributed by atoms with Crippen molar-refractivity contribution in [2.45, 2.75) is 45.3 Å². The van der Waals surface area contributed by atoms with Gasteiger partial charge in [0.15, 0.2) is 6.61 Å². The molecule has 3 aromatic rings. The van der Waals surface area contributed by atoms with Crippen molar-refractivity contribution in [3.8, 4) is 5.75 Å². The summed E-state index contributed by atoms with van der Waals surface area (Å²) in [7, 11) is 0. The summed E-state index contributed by atoms with van der Waals surface area (Å²) in [6.07, 6.45) is 0.298. The molecule has 3 rings (SSSR count). The zero-order chi connectivity index (χ0) is 26.3. The Bertz CT molecular complexity index is 1180. The highest BCUT2D eigenvalue weighted by molar-refractivity contribution is 6.42. The average Bonchev–Trinajstić information content (AvgIpc) is 2.82. The average molecular weight is 531 g/mol. The molecule has 36 heavy (non-hydrogen) atoms. The summed E-state index contributed by atoms with van der Waals surface area (Å²) in [6, 6.07) is 19.1. The third kappa shape index (κ3) is 8.25. The molecule has 1 N–H and O–H groups in total. The molecule has 0 aliphatic heterocycles. The van der Waals surface area contributed by atoms with E-state index in [0.29, 0.717) is 27.8 Å². The third-order valence-corrected chi connectivity index (χ3v) is 6.02. The molecule has 0 aliphatic carbocycles. The smallest absolute Gasteiger partial charge is 0.261 e. The van der Waals surface area contributed by atoms with Gasteiger partial charge in [0.1, 0.15) is 17.6 Å². The molecule has 0 aromatic heterocycles. The molecule has 2 amide bonds. The Morgan fingerprint density at radius 1 is 0.944 bits per heavy atom. The van der Waals surface area contributed by atoms with E-state index in [1.807, 2.05) is 51.1 Å². The number of nitrogens with one attached hydrogen (secondary N) is 1. The second kappa shape index (κ2) is 12.2. The quantitative estimate of drug-likeness (QED) is 0.365. The van der Waals surface area contributed by atoms with Gasteiger partial charge in [-0.2, -0.15) is 0 Å². The lowest BCUT2D eigenvalue weighted by Crippen LogP contribution is -2.55. The molecule has 8 heteroatoms. The summed E-state index contributed by atoms with van der Waals surface area (Å²) in [5.74, 6) is -0.758. The lowest BCUT2D eigenvalue weighted by Gasteiger charge is -2.33. The first kappa shape index (κ1) is 27.5. The number of halogens is 3. The van der Waals surface area contributed by atoms with Crippen molar-refractivity contribution in [2.24, 2.45) is 0 Å². The largest absolute Gasteiger partial charge is 0.484 e. The fourth-order valence-corrected chi connectivity index (χ4v) is 3.92. The van der Waals surface area contributed by atoms with Gasteiger partial charge in [0, 0.05) is 18.5 Å². The number of amides is 2. The zero-order valence-electron chi connectivity index (χ0n) is 20.4. The van der Waals surface area contributed by atoms with Crippen LogP contribution in [0.5, 0.6) is 5.75 Å². The summed E-state index contributed by atoms with van der Waals surface area (Å²) in [5, 5.41) is 3.74. The third-order valence-electron chi connectivity index (χ3n) is 5.28. The minimum Gasteiger partial charge on any atom is -0.484 e. The van der Waals surface area contributed by atoms with Gasteiger partial charge in [0.25, 0.3) is 5.91 Å². The van der Waals surface area contributed by atoms with Crippen LogP contribution in [0.3, 0.4) is 0 Å². The molecule has 0 fully saturated rings. The highest BCUT2D eigenvalue weighted by Crippen LogP contribution is 2.24. The summed E-state index contributed by atoms with van der Waals surface area (Å²) in [6.45, 7) is 5.42. The van der Waals surface area contributed by atoms with Gasteiger partial charge in [-0.15, -0.1) is 0 Å². The first-order valence-electron chi connectivity index (χ1n) is 11.5. The molecule has 190 valence electrons. The molecule has 5 nitrogen and oxygen atoms in total. The van der Waals surface area contributed by atoms with Crippen molar-refractivity contribution in [1.29, 1.82) is 0 Å². The van der Waals surface area contributed by atoms with Gasteiger partial charge >= 0.3 is 0 Å². The number of benzene rings is 3. The van der Waals surface area contributed by atoms with Crippen LogP contribution >= 0.6 is 23.2 Å². The Labute approximate surface area is 221 Å². The SMILES string of the molecule is CC(C)(C)NC(=O)C(Cc1ccccc1)N(Cc1ccc(Cl)c(Cl)c1)C(=O)COc1ccc(F)cc1. The molecule has 0 saturated carbocycles. The number of ether oxygens (including phenoxy) is 1. The van der Waals surface area contributed by atoms with Crippen LogP contribution in [-0.4, -0.2) is 34.9 Å². The topological polar surface area (TPSA) is 58.6 Å². The van der Waals surface area contributed by atoms with Gasteiger partial charge < -0.3 is 15.0 Å². The number of hydrogen-bond acceptors (Lipinski definition) is 3. The maximum absolute atomic E-state index is 13.5. The van der Waals surface area contributed by atoms with Gasteiger partial charge in [0.2, 0.25) is 5.91 Å². The predicted molar refractivity (Wildman–Crippen MR) is 141 cm³/mol. The minimum absolute atomic E-state index is 0.109. The first-order valence-corrected chi connectivity index (χ1v) is 12.2. The summed E-state index contributed by atoms with van der Waals surface area (Å²) < 4.78 is 18.9. The van der Waals surface area contributed by atoms with Crippen LogP contribution in [-0.2, 0) is 22.6 Å². The molecule has 0 spiro atoms. The highest BCUT2D eigenvalue weighted by atomic mass is 35.5. The molecule has 0 aliphatic rings. The molecule has 1 unspecified atom stereocenters. The summed E-state index contributed by atoms with van der Waals surface area (Å²) in [5.41, 5.74) is 1.11. The lowest BCUT2D eigenvalue weighted by molar-refractivity contribution is -0.143. The molecule has 1 atom stereocenters. The normalized spacial score (nSPS) is 12.1. The standard InChI is InChI=1S/C28H29Cl2FN2O3/c1-28(2,3)32-27(35)25(16-19-7-5-4-6-8-19)33(17-20-9-14-23(29)24(30)15-20)26(34)18-36-22-12-10-21(31)11-13-22/h4-15,25H,16-18H2,1-3H3,(H,32,35). The van der Waals surface area contributed by atoms with Crippen molar-refractivity contribution < 1.29 is 18.7 Å². The van der Waals surface area contributed by atoms with Crippen LogP contribution in [0.4, 0.5) is 4.39 Å². The number of carbonyl (C=O) groups excluding carboxylic acids is 2. The number of nitrogens with zero attached hydrogens (tertiary/aromatic N) is 1. The van der Waals surface area contributed by atoms with Crippen LogP contribution in [0.1, 0.15) is 31.9 Å². The Morgan fingerprint density at radius 3 is 2.22 bits per heavy atom. The van der Waals surface area contributed by atoms with E-state index in [4.69, 9.17) is 27.9 Å². The molecule has 3 aromatic carbocycles. The van der Waals surface area contributed by atoms with E-state index in [9.17, 15) is 14.0 Å². The number of carbonyl (C=O) groups is 2. The monoisotopic (exact) mass is 530 g/mol. The first-order chi connectivity index (χ1) is 17.0. The number of rotatable bonds is 9.